The molecule has 2 unspecified atom stereocenters. The van der Waals surface area contributed by atoms with Crippen LogP contribution >= 0.6 is 21.6 Å². The molecule has 0 amide bonds. The van der Waals surface area contributed by atoms with E-state index < -0.39 is 11.0 Å². The van der Waals surface area contributed by atoms with E-state index in [-0.39, 0.29) is 0 Å². The predicted molar refractivity (Wildman–Crippen MR) is 45.6 cm³/mol. The molecule has 0 aliphatic heterocycles. The molecule has 0 N–H and O–H groups in total. The zero-order valence-electron chi connectivity index (χ0n) is 6.14. The molecule has 0 aromatic rings. The van der Waals surface area contributed by atoms with Gasteiger partial charge in [-0.05, 0) is 12.8 Å². The topological polar surface area (TPSA) is 0 Å². The molecule has 0 fully saturated rings. The van der Waals surface area contributed by atoms with Crippen molar-refractivity contribution in [1.82, 2.24) is 0 Å². The second-order valence-electron chi connectivity index (χ2n) is 1.83. The van der Waals surface area contributed by atoms with Crippen LogP contribution in [-0.4, -0.2) is 11.0 Å². The summed E-state index contributed by atoms with van der Waals surface area (Å²) in [4.78, 5) is 0. The number of hydrogen-bond donors (Lipinski definition) is 0. The fourth-order valence-corrected chi connectivity index (χ4v) is 2.31. The third kappa shape index (κ3) is 5.35. The summed E-state index contributed by atoms with van der Waals surface area (Å²) in [6.07, 6.45) is 0.905. The summed E-state index contributed by atoms with van der Waals surface area (Å²) >= 11 is 0. The van der Waals surface area contributed by atoms with Gasteiger partial charge in [-0.2, -0.15) is 0 Å². The van der Waals surface area contributed by atoms with Gasteiger partial charge in [-0.3, -0.25) is 0 Å². The molecule has 0 rings (SSSR count). The molecule has 10 heavy (non-hydrogen) atoms. The third-order valence-corrected chi connectivity index (χ3v) is 3.69. The van der Waals surface area contributed by atoms with Crippen molar-refractivity contribution in [3.05, 3.63) is 0 Å². The highest BCUT2D eigenvalue weighted by molar-refractivity contribution is 8.77. The maximum atomic E-state index is 12.4. The number of hydrogen-bond acceptors (Lipinski definition) is 2. The molecule has 0 spiro atoms. The summed E-state index contributed by atoms with van der Waals surface area (Å²) in [6, 6.07) is 0. The molecule has 4 heteroatoms. The van der Waals surface area contributed by atoms with Gasteiger partial charge in [-0.1, -0.05) is 35.4 Å². The molecule has 0 nitrogen and oxygen atoms in total. The molecule has 62 valence electrons. The van der Waals surface area contributed by atoms with Crippen molar-refractivity contribution in [2.75, 3.05) is 0 Å². The lowest BCUT2D eigenvalue weighted by Gasteiger charge is -2.05. The molecule has 0 saturated heterocycles. The number of rotatable bonds is 5. The smallest absolute Gasteiger partial charge is 0.155 e. The van der Waals surface area contributed by atoms with Crippen LogP contribution in [0.1, 0.15) is 26.7 Å². The van der Waals surface area contributed by atoms with Crippen LogP contribution in [0.25, 0.3) is 0 Å². The van der Waals surface area contributed by atoms with Gasteiger partial charge < -0.3 is 0 Å². The fourth-order valence-electron chi connectivity index (χ4n) is 0.257. The summed E-state index contributed by atoms with van der Waals surface area (Å²) in [5.41, 5.74) is -1.84. The lowest BCUT2D eigenvalue weighted by molar-refractivity contribution is 0.440. The van der Waals surface area contributed by atoms with Crippen LogP contribution in [0.15, 0.2) is 0 Å². The maximum Gasteiger partial charge on any atom is 0.155 e. The molecular weight excluding hydrogens is 174 g/mol. The summed E-state index contributed by atoms with van der Waals surface area (Å²) in [5.74, 6) is 0. The van der Waals surface area contributed by atoms with E-state index in [1.165, 1.54) is 0 Å². The Kier molecular flexibility index (Phi) is 6.63. The van der Waals surface area contributed by atoms with Gasteiger partial charge in [0.05, 0.1) is 0 Å². The van der Waals surface area contributed by atoms with Crippen LogP contribution < -0.4 is 0 Å². The molecule has 0 bridgehead atoms. The minimum absolute atomic E-state index is 0.452. The van der Waals surface area contributed by atoms with Crippen molar-refractivity contribution in [3.63, 3.8) is 0 Å². The molecule has 0 aliphatic rings. The molecule has 0 heterocycles. The first-order valence-electron chi connectivity index (χ1n) is 3.31. The zero-order chi connectivity index (χ0) is 7.98. The Balaban J connectivity index is 3.17. The van der Waals surface area contributed by atoms with Gasteiger partial charge in [0.2, 0.25) is 0 Å². The van der Waals surface area contributed by atoms with Crippen LogP contribution in [0.2, 0.25) is 0 Å². The van der Waals surface area contributed by atoms with E-state index in [0.29, 0.717) is 12.8 Å². The van der Waals surface area contributed by atoms with Gasteiger partial charge >= 0.3 is 0 Å². The second kappa shape index (κ2) is 6.28. The maximum absolute atomic E-state index is 12.4. The highest BCUT2D eigenvalue weighted by Crippen LogP contribution is 2.34. The minimum atomic E-state index is -0.921. The predicted octanol–water partition coefficient (Wildman–Crippen LogP) is 3.78. The Hall–Kier alpha value is 0.560. The molecular formula is C6H12F2S2. The van der Waals surface area contributed by atoms with E-state index >= 15 is 0 Å². The first-order chi connectivity index (χ1) is 4.70. The lowest BCUT2D eigenvalue weighted by atomic mass is 10.6. The average molecular weight is 186 g/mol. The van der Waals surface area contributed by atoms with Gasteiger partial charge in [0.1, 0.15) is 0 Å². The van der Waals surface area contributed by atoms with Crippen LogP contribution in [0.4, 0.5) is 8.78 Å². The largest absolute Gasteiger partial charge is 0.235 e. The normalized spacial score (nSPS) is 16.8. The Labute approximate surface area is 68.5 Å². The lowest BCUT2D eigenvalue weighted by Crippen LogP contribution is -1.91. The Bertz CT molecular complexity index is 70.1. The highest BCUT2D eigenvalue weighted by atomic mass is 33.1. The van der Waals surface area contributed by atoms with Crippen molar-refractivity contribution in [2.24, 2.45) is 0 Å². The molecule has 0 radical (unpaired) electrons. The summed E-state index contributed by atoms with van der Waals surface area (Å²) in [5, 5.41) is 0. The van der Waals surface area contributed by atoms with E-state index in [1.54, 1.807) is 13.8 Å². The zero-order valence-corrected chi connectivity index (χ0v) is 7.77. The van der Waals surface area contributed by atoms with E-state index in [9.17, 15) is 8.78 Å². The van der Waals surface area contributed by atoms with Gasteiger partial charge in [0.15, 0.2) is 11.0 Å². The minimum Gasteiger partial charge on any atom is -0.235 e. The van der Waals surface area contributed by atoms with Gasteiger partial charge in [0, 0.05) is 0 Å². The van der Waals surface area contributed by atoms with Crippen LogP contribution in [0.3, 0.4) is 0 Å². The number of halogens is 2. The van der Waals surface area contributed by atoms with Crippen molar-refractivity contribution in [1.29, 1.82) is 0 Å². The quantitative estimate of drug-likeness (QED) is 0.599. The third-order valence-electron chi connectivity index (χ3n) is 0.906. The second-order valence-corrected chi connectivity index (χ2v) is 4.39. The van der Waals surface area contributed by atoms with Crippen molar-refractivity contribution in [3.8, 4) is 0 Å². The van der Waals surface area contributed by atoms with Crippen LogP contribution in [0, 0.1) is 0 Å². The monoisotopic (exact) mass is 186 g/mol. The molecule has 0 saturated carbocycles. The highest BCUT2D eigenvalue weighted by Gasteiger charge is 2.09. The van der Waals surface area contributed by atoms with Crippen LogP contribution in [0.5, 0.6) is 0 Å². The standard InChI is InChI=1S/C6H12F2S2/c1-3-5(7)9-10-6(8)4-2/h5-6H,3-4H2,1-2H3. The van der Waals surface area contributed by atoms with Gasteiger partial charge in [-0.25, -0.2) is 8.78 Å². The Morgan fingerprint density at radius 1 is 1.00 bits per heavy atom. The van der Waals surface area contributed by atoms with Crippen molar-refractivity contribution < 1.29 is 8.78 Å². The van der Waals surface area contributed by atoms with Crippen molar-refractivity contribution >= 4 is 21.6 Å². The number of alkyl halides is 2. The Morgan fingerprint density at radius 2 is 1.30 bits per heavy atom. The van der Waals surface area contributed by atoms with Crippen molar-refractivity contribution in [2.45, 2.75) is 37.7 Å². The summed E-state index contributed by atoms with van der Waals surface area (Å²) in [6.45, 7) is 3.49. The average Bonchev–Trinajstić information content (AvgIpc) is 1.99. The molecule has 0 aliphatic carbocycles. The summed E-state index contributed by atoms with van der Waals surface area (Å²) in [7, 11) is 1.97. The van der Waals surface area contributed by atoms with E-state index in [4.69, 9.17) is 0 Å². The molecule has 0 aromatic heterocycles. The van der Waals surface area contributed by atoms with Gasteiger partial charge in [-0.15, -0.1) is 0 Å². The van der Waals surface area contributed by atoms with Crippen LogP contribution in [-0.2, 0) is 0 Å². The van der Waals surface area contributed by atoms with E-state index in [1.807, 2.05) is 0 Å². The van der Waals surface area contributed by atoms with Gasteiger partial charge in [0.25, 0.3) is 0 Å². The first-order valence-corrected chi connectivity index (χ1v) is 5.58. The molecule has 2 atom stereocenters. The van der Waals surface area contributed by atoms with E-state index in [2.05, 4.69) is 0 Å². The first kappa shape index (κ1) is 10.6. The fraction of sp³-hybridized carbons (Fsp3) is 1.00. The SMILES string of the molecule is CCC(F)SSC(F)CC. The van der Waals surface area contributed by atoms with E-state index in [0.717, 1.165) is 21.6 Å². The Morgan fingerprint density at radius 3 is 1.50 bits per heavy atom. The molecule has 0 aromatic carbocycles. The summed E-state index contributed by atoms with van der Waals surface area (Å²) < 4.78 is 24.8.